The smallest absolute Gasteiger partial charge is 0.341 e. The highest BCUT2D eigenvalue weighted by Crippen LogP contribution is 2.39. The molecule has 4 rings (SSSR count). The van der Waals surface area contributed by atoms with Gasteiger partial charge in [0.1, 0.15) is 11.4 Å². The maximum atomic E-state index is 14.5. The van der Waals surface area contributed by atoms with Crippen molar-refractivity contribution in [3.8, 4) is 0 Å². The number of benzene rings is 1. The van der Waals surface area contributed by atoms with Gasteiger partial charge in [-0.1, -0.05) is 0 Å². The van der Waals surface area contributed by atoms with E-state index in [2.05, 4.69) is 5.32 Å². The topological polar surface area (TPSA) is 71.3 Å². The number of pyridine rings is 1. The number of halogens is 1. The molecule has 1 aliphatic carbocycles. The van der Waals surface area contributed by atoms with Crippen LogP contribution in [0.25, 0.3) is 10.9 Å². The van der Waals surface area contributed by atoms with E-state index in [4.69, 9.17) is 0 Å². The highest BCUT2D eigenvalue weighted by atomic mass is 19.1. The molecular weight excluding hydrogens is 299 g/mol. The number of nitrogens with one attached hydrogen (secondary N) is 1. The van der Waals surface area contributed by atoms with E-state index in [1.165, 1.54) is 12.3 Å². The minimum atomic E-state index is -1.26. The Morgan fingerprint density at radius 2 is 2.13 bits per heavy atom. The summed E-state index contributed by atoms with van der Waals surface area (Å²) >= 11 is 0. The van der Waals surface area contributed by atoms with Gasteiger partial charge in [0, 0.05) is 29.7 Å². The summed E-state index contributed by atoms with van der Waals surface area (Å²) in [6.07, 6.45) is 4.92. The molecule has 1 fully saturated rings. The predicted octanol–water partition coefficient (Wildman–Crippen LogP) is 2.21. The van der Waals surface area contributed by atoms with E-state index < -0.39 is 17.2 Å². The number of carbonyl (C=O) groups is 1. The fourth-order valence-electron chi connectivity index (χ4n) is 3.46. The Balaban J connectivity index is 2.14. The number of rotatable bonds is 2. The van der Waals surface area contributed by atoms with Crippen molar-refractivity contribution in [1.29, 1.82) is 0 Å². The predicted molar refractivity (Wildman–Crippen MR) is 83.4 cm³/mol. The summed E-state index contributed by atoms with van der Waals surface area (Å²) in [6, 6.07) is 1.43. The average Bonchev–Trinajstić information content (AvgIpc) is 3.34. The molecule has 2 N–H and O–H groups in total. The average molecular weight is 316 g/mol. The van der Waals surface area contributed by atoms with E-state index in [9.17, 15) is 19.1 Å². The number of carboxylic acid groups (broad SMARTS) is 1. The molecule has 0 atom stereocenters. The first-order chi connectivity index (χ1) is 11.1. The Morgan fingerprint density at radius 1 is 1.35 bits per heavy atom. The van der Waals surface area contributed by atoms with Crippen LogP contribution in [0.4, 0.5) is 4.39 Å². The summed E-state index contributed by atoms with van der Waals surface area (Å²) in [5.74, 6) is -1.69. The number of aromatic carboxylic acids is 1. The van der Waals surface area contributed by atoms with Crippen molar-refractivity contribution in [1.82, 2.24) is 9.88 Å². The van der Waals surface area contributed by atoms with Crippen LogP contribution in [-0.4, -0.2) is 22.2 Å². The molecule has 0 saturated heterocycles. The van der Waals surface area contributed by atoms with Crippen LogP contribution in [0.3, 0.4) is 0 Å². The van der Waals surface area contributed by atoms with Crippen LogP contribution in [0.1, 0.15) is 46.8 Å². The standard InChI is InChI=1S/C17H17FN2O3/c18-14-6-11-15(10-2-1-5-19-7-12(10)14)20(9-3-4-9)8-13(16(11)21)17(22)23/h6,8-9,19H,1-5,7H2,(H,22,23). The first-order valence-corrected chi connectivity index (χ1v) is 7.91. The summed E-state index contributed by atoms with van der Waals surface area (Å²) in [7, 11) is 0. The van der Waals surface area contributed by atoms with Crippen molar-refractivity contribution in [3.05, 3.63) is 45.0 Å². The summed E-state index contributed by atoms with van der Waals surface area (Å²) in [5, 5.41) is 12.7. The van der Waals surface area contributed by atoms with Gasteiger partial charge in [0.15, 0.2) is 0 Å². The monoisotopic (exact) mass is 316 g/mol. The molecule has 0 unspecified atom stereocenters. The van der Waals surface area contributed by atoms with Gasteiger partial charge in [0.2, 0.25) is 5.43 Å². The molecule has 1 aromatic carbocycles. The van der Waals surface area contributed by atoms with E-state index in [1.807, 2.05) is 4.57 Å². The maximum Gasteiger partial charge on any atom is 0.341 e. The van der Waals surface area contributed by atoms with Gasteiger partial charge in [-0.15, -0.1) is 0 Å². The molecule has 2 aromatic rings. The number of nitrogens with zero attached hydrogens (tertiary/aromatic N) is 1. The summed E-state index contributed by atoms with van der Waals surface area (Å²) < 4.78 is 16.4. The zero-order valence-corrected chi connectivity index (χ0v) is 12.6. The van der Waals surface area contributed by atoms with E-state index in [-0.39, 0.29) is 17.0 Å². The first kappa shape index (κ1) is 14.4. The van der Waals surface area contributed by atoms with Gasteiger partial charge in [0.05, 0.1) is 5.52 Å². The second-order valence-electron chi connectivity index (χ2n) is 6.31. The fourth-order valence-corrected chi connectivity index (χ4v) is 3.46. The summed E-state index contributed by atoms with van der Waals surface area (Å²) in [6.45, 7) is 1.24. The molecule has 0 bridgehead atoms. The Bertz CT molecular complexity index is 884. The Hall–Kier alpha value is -2.21. The molecule has 1 aliphatic heterocycles. The lowest BCUT2D eigenvalue weighted by Gasteiger charge is -2.17. The van der Waals surface area contributed by atoms with Gasteiger partial charge < -0.3 is 15.0 Å². The Kier molecular flexibility index (Phi) is 3.23. The zero-order chi connectivity index (χ0) is 16.1. The largest absolute Gasteiger partial charge is 0.477 e. The summed E-state index contributed by atoms with van der Waals surface area (Å²) in [4.78, 5) is 23.9. The van der Waals surface area contributed by atoms with Crippen LogP contribution in [-0.2, 0) is 13.0 Å². The van der Waals surface area contributed by atoms with Crippen LogP contribution in [0.5, 0.6) is 0 Å². The number of aromatic nitrogens is 1. The van der Waals surface area contributed by atoms with Gasteiger partial charge in [-0.3, -0.25) is 4.79 Å². The molecule has 5 nitrogen and oxygen atoms in total. The van der Waals surface area contributed by atoms with Gasteiger partial charge in [-0.2, -0.15) is 0 Å². The number of hydrogen-bond donors (Lipinski definition) is 2. The minimum Gasteiger partial charge on any atom is -0.477 e. The second-order valence-corrected chi connectivity index (χ2v) is 6.31. The lowest BCUT2D eigenvalue weighted by atomic mass is 9.97. The quantitative estimate of drug-likeness (QED) is 0.891. The molecule has 2 aliphatic rings. The third kappa shape index (κ3) is 2.25. The van der Waals surface area contributed by atoms with Crippen molar-refractivity contribution in [2.45, 2.75) is 38.3 Å². The van der Waals surface area contributed by atoms with Crippen LogP contribution >= 0.6 is 0 Å². The van der Waals surface area contributed by atoms with Crippen molar-refractivity contribution < 1.29 is 14.3 Å². The van der Waals surface area contributed by atoms with Gasteiger partial charge >= 0.3 is 5.97 Å². The molecule has 6 heteroatoms. The molecule has 120 valence electrons. The lowest BCUT2D eigenvalue weighted by molar-refractivity contribution is 0.0695. The molecule has 1 aromatic heterocycles. The minimum absolute atomic E-state index is 0.190. The Morgan fingerprint density at radius 3 is 2.83 bits per heavy atom. The molecule has 1 saturated carbocycles. The number of hydrogen-bond acceptors (Lipinski definition) is 3. The molecule has 0 radical (unpaired) electrons. The normalized spacial score (nSPS) is 17.8. The van der Waals surface area contributed by atoms with Crippen LogP contribution in [0, 0.1) is 5.82 Å². The number of carboxylic acids is 1. The fraction of sp³-hybridized carbons (Fsp3) is 0.412. The highest BCUT2D eigenvalue weighted by Gasteiger charge is 2.29. The molecular formula is C17H17FN2O3. The van der Waals surface area contributed by atoms with Gasteiger partial charge in [0.25, 0.3) is 0 Å². The number of fused-ring (bicyclic) bond motifs is 3. The third-order valence-corrected chi connectivity index (χ3v) is 4.73. The molecule has 23 heavy (non-hydrogen) atoms. The molecule has 0 amide bonds. The SMILES string of the molecule is O=C(O)c1cn(C2CC2)c2c3c(c(F)cc2c1=O)CNCCC3. The lowest BCUT2D eigenvalue weighted by Crippen LogP contribution is -2.21. The Labute approximate surface area is 131 Å². The highest BCUT2D eigenvalue weighted by molar-refractivity contribution is 5.94. The third-order valence-electron chi connectivity index (χ3n) is 4.73. The van der Waals surface area contributed by atoms with E-state index in [0.29, 0.717) is 18.5 Å². The molecule has 2 heterocycles. The van der Waals surface area contributed by atoms with Crippen molar-refractivity contribution in [2.75, 3.05) is 6.54 Å². The van der Waals surface area contributed by atoms with Gasteiger partial charge in [-0.25, -0.2) is 9.18 Å². The maximum absolute atomic E-state index is 14.5. The first-order valence-electron chi connectivity index (χ1n) is 7.91. The van der Waals surface area contributed by atoms with Crippen LogP contribution < -0.4 is 10.7 Å². The molecule has 0 spiro atoms. The van der Waals surface area contributed by atoms with E-state index >= 15 is 0 Å². The second kappa shape index (κ2) is 5.16. The van der Waals surface area contributed by atoms with Gasteiger partial charge in [-0.05, 0) is 43.9 Å². The number of aryl methyl sites for hydroxylation is 1. The van der Waals surface area contributed by atoms with Crippen molar-refractivity contribution >= 4 is 16.9 Å². The van der Waals surface area contributed by atoms with E-state index in [1.54, 1.807) is 0 Å². The van der Waals surface area contributed by atoms with E-state index in [0.717, 1.165) is 36.9 Å². The zero-order valence-electron chi connectivity index (χ0n) is 12.6. The van der Waals surface area contributed by atoms with Crippen molar-refractivity contribution in [2.24, 2.45) is 0 Å². The van der Waals surface area contributed by atoms with Crippen LogP contribution in [0.15, 0.2) is 17.1 Å². The van der Waals surface area contributed by atoms with Crippen molar-refractivity contribution in [3.63, 3.8) is 0 Å². The van der Waals surface area contributed by atoms with Crippen LogP contribution in [0.2, 0.25) is 0 Å². The summed E-state index contributed by atoms with van der Waals surface area (Å²) in [5.41, 5.74) is 1.30.